The molecule has 1 aliphatic heterocycles. The summed E-state index contributed by atoms with van der Waals surface area (Å²) in [4.78, 5) is 0. The number of aliphatic hydroxyl groups is 2. The first kappa shape index (κ1) is 25.2. The Hall–Kier alpha value is -3.46. The van der Waals surface area contributed by atoms with Crippen molar-refractivity contribution in [1.82, 2.24) is 29.8 Å². The first-order chi connectivity index (χ1) is 17.9. The normalized spacial score (nSPS) is 21.8. The van der Waals surface area contributed by atoms with Crippen molar-refractivity contribution < 1.29 is 28.1 Å². The van der Waals surface area contributed by atoms with Gasteiger partial charge in [-0.15, -0.1) is 15.3 Å². The average Bonchev–Trinajstić information content (AvgIpc) is 3.58. The highest BCUT2D eigenvalue weighted by molar-refractivity contribution is 7.99. The minimum Gasteiger partial charge on any atom is -0.394 e. The number of ether oxygens (including phenoxy) is 1. The smallest absolute Gasteiger partial charge is 0.194 e. The van der Waals surface area contributed by atoms with E-state index in [9.17, 15) is 23.4 Å². The third kappa shape index (κ3) is 4.92. The molecule has 4 atom stereocenters. The van der Waals surface area contributed by atoms with E-state index in [0.29, 0.717) is 5.82 Å². The lowest BCUT2D eigenvalue weighted by Gasteiger charge is -2.38. The summed E-state index contributed by atoms with van der Waals surface area (Å²) in [6.45, 7) is -0.481. The molecule has 0 aliphatic carbocycles. The zero-order valence-electron chi connectivity index (χ0n) is 19.4. The number of rotatable bonds is 7. The summed E-state index contributed by atoms with van der Waals surface area (Å²) in [7, 11) is 0. The van der Waals surface area contributed by atoms with Gasteiger partial charge in [-0.3, -0.25) is 4.57 Å². The molecule has 0 saturated carbocycles. The first-order valence-electron chi connectivity index (χ1n) is 11.2. The highest BCUT2D eigenvalue weighted by Gasteiger charge is 2.41. The molecule has 194 valence electrons. The summed E-state index contributed by atoms with van der Waals surface area (Å²) < 4.78 is 53.0. The number of benzene rings is 2. The predicted molar refractivity (Wildman–Crippen MR) is 128 cm³/mol. The Bertz CT molecular complexity index is 1380. The number of aromatic nitrogens is 6. The summed E-state index contributed by atoms with van der Waals surface area (Å²) in [5.41, 5.74) is 1.71. The zero-order chi connectivity index (χ0) is 26.1. The van der Waals surface area contributed by atoms with E-state index < -0.39 is 48.4 Å². The van der Waals surface area contributed by atoms with Crippen LogP contribution in [0.25, 0.3) is 16.9 Å². The van der Waals surface area contributed by atoms with Gasteiger partial charge in [0.15, 0.2) is 23.3 Å². The lowest BCUT2D eigenvalue weighted by atomic mass is 9.95. The minimum absolute atomic E-state index is 0.0158. The standard InChI is InChI=1S/C23H22F3N7O3S/c1-37-30-13-3-2-4-14(7-13)32-11-27-29-23(32)19-8-18(22(35)20(10-34)36-19)33-9-17(28-31-33)12-5-15(24)21(26)16(25)6-12/h2-7,9,11,18-20,22,30,34-35H,8,10H2,1H3. The molecule has 2 aromatic heterocycles. The van der Waals surface area contributed by atoms with Crippen molar-refractivity contribution in [2.45, 2.75) is 30.8 Å². The Labute approximate surface area is 213 Å². The first-order valence-corrected chi connectivity index (χ1v) is 12.4. The molecule has 1 aliphatic rings. The highest BCUT2D eigenvalue weighted by atomic mass is 32.2. The van der Waals surface area contributed by atoms with Crippen LogP contribution in [0.2, 0.25) is 0 Å². The Morgan fingerprint density at radius 3 is 2.68 bits per heavy atom. The van der Waals surface area contributed by atoms with Gasteiger partial charge in [0.05, 0.1) is 24.5 Å². The third-order valence-corrected chi connectivity index (χ3v) is 6.53. The Balaban J connectivity index is 1.46. The Morgan fingerprint density at radius 1 is 1.16 bits per heavy atom. The van der Waals surface area contributed by atoms with Crippen molar-refractivity contribution in [1.29, 1.82) is 0 Å². The van der Waals surface area contributed by atoms with Crippen molar-refractivity contribution in [3.63, 3.8) is 0 Å². The van der Waals surface area contributed by atoms with Gasteiger partial charge in [0.1, 0.15) is 30.3 Å². The summed E-state index contributed by atoms with van der Waals surface area (Å²) in [5, 5.41) is 37.0. The molecule has 10 nitrogen and oxygen atoms in total. The van der Waals surface area contributed by atoms with Crippen LogP contribution in [0.3, 0.4) is 0 Å². The van der Waals surface area contributed by atoms with E-state index in [1.807, 2.05) is 30.5 Å². The molecule has 3 heterocycles. The van der Waals surface area contributed by atoms with Crippen LogP contribution < -0.4 is 4.72 Å². The molecule has 0 radical (unpaired) electrons. The molecular formula is C23H22F3N7O3S. The fourth-order valence-corrected chi connectivity index (χ4v) is 4.67. The third-order valence-electron chi connectivity index (χ3n) is 6.09. The fraction of sp³-hybridized carbons (Fsp3) is 0.304. The summed E-state index contributed by atoms with van der Waals surface area (Å²) in [6, 6.07) is 8.47. The van der Waals surface area contributed by atoms with Crippen LogP contribution in [0.1, 0.15) is 24.4 Å². The predicted octanol–water partition coefficient (Wildman–Crippen LogP) is 3.06. The molecule has 0 spiro atoms. The highest BCUT2D eigenvalue weighted by Crippen LogP contribution is 2.38. The summed E-state index contributed by atoms with van der Waals surface area (Å²) in [5.74, 6) is -3.84. The second-order valence-electron chi connectivity index (χ2n) is 8.39. The second-order valence-corrected chi connectivity index (χ2v) is 9.01. The van der Waals surface area contributed by atoms with Gasteiger partial charge < -0.3 is 19.7 Å². The van der Waals surface area contributed by atoms with Crippen molar-refractivity contribution in [3.8, 4) is 16.9 Å². The molecule has 14 heteroatoms. The van der Waals surface area contributed by atoms with E-state index in [1.165, 1.54) is 29.2 Å². The van der Waals surface area contributed by atoms with E-state index in [0.717, 1.165) is 23.5 Å². The average molecular weight is 534 g/mol. The molecule has 0 amide bonds. The number of nitrogens with zero attached hydrogens (tertiary/aromatic N) is 6. The van der Waals surface area contributed by atoms with Crippen LogP contribution >= 0.6 is 11.9 Å². The van der Waals surface area contributed by atoms with Gasteiger partial charge in [-0.2, -0.15) is 0 Å². The van der Waals surface area contributed by atoms with E-state index in [4.69, 9.17) is 4.74 Å². The molecule has 3 N–H and O–H groups in total. The van der Waals surface area contributed by atoms with Crippen molar-refractivity contribution >= 4 is 17.6 Å². The number of aliphatic hydroxyl groups excluding tert-OH is 2. The molecule has 1 saturated heterocycles. The van der Waals surface area contributed by atoms with Crippen LogP contribution in [0.4, 0.5) is 18.9 Å². The van der Waals surface area contributed by atoms with Crippen LogP contribution in [-0.4, -0.2) is 65.0 Å². The summed E-state index contributed by atoms with van der Waals surface area (Å²) in [6.07, 6.45) is 2.16. The molecule has 4 unspecified atom stereocenters. The maximum absolute atomic E-state index is 13.7. The zero-order valence-corrected chi connectivity index (χ0v) is 20.2. The summed E-state index contributed by atoms with van der Waals surface area (Å²) >= 11 is 1.45. The van der Waals surface area contributed by atoms with E-state index in [2.05, 4.69) is 25.2 Å². The maximum atomic E-state index is 13.7. The second kappa shape index (κ2) is 10.5. The van der Waals surface area contributed by atoms with Crippen LogP contribution in [-0.2, 0) is 4.74 Å². The molecule has 0 bridgehead atoms. The lowest BCUT2D eigenvalue weighted by Crippen LogP contribution is -2.45. The van der Waals surface area contributed by atoms with Gasteiger partial charge in [-0.1, -0.05) is 23.2 Å². The van der Waals surface area contributed by atoms with Crippen molar-refractivity contribution in [2.24, 2.45) is 0 Å². The monoisotopic (exact) mass is 533 g/mol. The van der Waals surface area contributed by atoms with Crippen LogP contribution in [0.15, 0.2) is 48.9 Å². The number of anilines is 1. The van der Waals surface area contributed by atoms with Crippen molar-refractivity contribution in [3.05, 3.63) is 72.2 Å². The molecule has 2 aromatic carbocycles. The van der Waals surface area contributed by atoms with Gasteiger partial charge in [-0.25, -0.2) is 17.9 Å². The van der Waals surface area contributed by atoms with Gasteiger partial charge in [-0.05, 0) is 30.3 Å². The maximum Gasteiger partial charge on any atom is 0.194 e. The van der Waals surface area contributed by atoms with E-state index >= 15 is 0 Å². The Kier molecular flexibility index (Phi) is 7.15. The van der Waals surface area contributed by atoms with Gasteiger partial charge in [0, 0.05) is 23.9 Å². The van der Waals surface area contributed by atoms with Gasteiger partial charge >= 0.3 is 0 Å². The molecule has 1 fully saturated rings. The molecule has 4 aromatic rings. The number of nitrogens with one attached hydrogen (secondary N) is 1. The minimum atomic E-state index is -1.58. The molecular weight excluding hydrogens is 511 g/mol. The van der Waals surface area contributed by atoms with Crippen molar-refractivity contribution in [2.75, 3.05) is 17.6 Å². The number of halogens is 3. The van der Waals surface area contributed by atoms with E-state index in [1.54, 1.807) is 4.57 Å². The topological polar surface area (TPSA) is 123 Å². The van der Waals surface area contributed by atoms with Gasteiger partial charge in [0.2, 0.25) is 0 Å². The number of hydrogen-bond acceptors (Lipinski definition) is 9. The largest absolute Gasteiger partial charge is 0.394 e. The van der Waals surface area contributed by atoms with Crippen LogP contribution in [0, 0.1) is 17.5 Å². The van der Waals surface area contributed by atoms with E-state index in [-0.39, 0.29) is 17.7 Å². The SMILES string of the molecule is CSNc1cccc(-n2cnnc2C2CC(n3cc(-c4cc(F)c(F)c(F)c4)nn3)C(O)C(CO)O2)c1. The molecule has 5 rings (SSSR count). The van der Waals surface area contributed by atoms with Gasteiger partial charge in [0.25, 0.3) is 0 Å². The Morgan fingerprint density at radius 2 is 1.95 bits per heavy atom. The number of hydrogen-bond donors (Lipinski definition) is 3. The molecule has 37 heavy (non-hydrogen) atoms. The fourth-order valence-electron chi connectivity index (χ4n) is 4.31. The van der Waals surface area contributed by atoms with Crippen LogP contribution in [0.5, 0.6) is 0 Å². The lowest BCUT2D eigenvalue weighted by molar-refractivity contribution is -0.161. The quantitative estimate of drug-likeness (QED) is 0.243.